The fourth-order valence-corrected chi connectivity index (χ4v) is 14.6. The number of methoxy groups -OCH3 is 9. The number of fused-ring (bicyclic) bond motifs is 6. The first kappa shape index (κ1) is 101. The second-order valence-corrected chi connectivity index (χ2v) is 29.8. The first-order chi connectivity index (χ1) is 68.0. The number of benzene rings is 10. The average molecular weight is 1900 g/mol. The van der Waals surface area contributed by atoms with E-state index in [1.54, 1.807) is 177 Å². The van der Waals surface area contributed by atoms with Crippen LogP contribution >= 0.6 is 0 Å². The van der Waals surface area contributed by atoms with Gasteiger partial charge in [0.15, 0.2) is 46.3 Å². The molecule has 714 valence electrons. The largest absolute Gasteiger partial charge is 0.495 e. The lowest BCUT2D eigenvalue weighted by Gasteiger charge is -2.10. The van der Waals surface area contributed by atoms with Gasteiger partial charge in [-0.15, -0.1) is 19.7 Å². The number of carbonyl (C=O) groups is 5. The van der Waals surface area contributed by atoms with Gasteiger partial charge in [0.05, 0.1) is 194 Å². The molecule has 140 heavy (non-hydrogen) atoms. The topological polar surface area (TPSA) is 429 Å². The highest BCUT2D eigenvalue weighted by molar-refractivity contribution is 6.10. The van der Waals surface area contributed by atoms with Gasteiger partial charge in [-0.1, -0.05) is 78.9 Å². The maximum Gasteiger partial charge on any atom is 0.255 e. The Morgan fingerprint density at radius 3 is 0.864 bits per heavy atom. The SMILES string of the molecule is C=CCNC(=O)c1ccc2n[nH]c(/C=C/c3ccc(F)c(OC)c3)c2c1OC.C=CCNC(=O)c1ccc2n[nH]c(/C=C/c3ccc(OC)c(F)c3)c2c1OC.C=CCNC(=O)c1ccc2n[nH]c(/C=C/c3ccc4c(c3)CCO4)c2c1OC.COc1cc(/C=C/c2[nH]nc3ccc(C(=O)NCC#N)c(OC)c23)ccc1F.COc1ccc(/C=C/c2[nH]nc3ccc(C(=O)NCC#N)c(OC)c23)cc1F. The van der Waals surface area contributed by atoms with Gasteiger partial charge in [-0.2, -0.15) is 36.0 Å². The molecule has 0 saturated heterocycles. The second-order valence-electron chi connectivity index (χ2n) is 29.8. The molecule has 0 atom stereocenters. The molecule has 10 aromatic carbocycles. The lowest BCUT2D eigenvalue weighted by molar-refractivity contribution is 0.0947. The molecule has 0 spiro atoms. The zero-order chi connectivity index (χ0) is 99.9. The maximum atomic E-state index is 13.9. The van der Waals surface area contributed by atoms with E-state index < -0.39 is 35.1 Å². The molecule has 1 aliphatic rings. The van der Waals surface area contributed by atoms with Crippen molar-refractivity contribution in [3.63, 3.8) is 0 Å². The van der Waals surface area contributed by atoms with Gasteiger partial charge in [-0.05, 0) is 185 Å². The van der Waals surface area contributed by atoms with Crippen molar-refractivity contribution in [1.82, 2.24) is 77.6 Å². The van der Waals surface area contributed by atoms with Crippen molar-refractivity contribution in [2.24, 2.45) is 0 Å². The minimum atomic E-state index is -0.465. The number of rotatable bonds is 32. The van der Waals surface area contributed by atoms with Crippen LogP contribution in [0.1, 0.15) is 114 Å². The molecule has 1 aliphatic heterocycles. The van der Waals surface area contributed by atoms with E-state index in [1.165, 1.54) is 92.8 Å². The number of nitrogens with zero attached hydrogens (tertiary/aromatic N) is 7. The number of hydrogen-bond donors (Lipinski definition) is 10. The number of aromatic amines is 5. The molecule has 36 heteroatoms. The number of amides is 5. The summed E-state index contributed by atoms with van der Waals surface area (Å²) in [6.07, 6.45) is 23.7. The summed E-state index contributed by atoms with van der Waals surface area (Å²) in [6.45, 7) is 12.4. The first-order valence-corrected chi connectivity index (χ1v) is 42.8. The smallest absolute Gasteiger partial charge is 0.255 e. The van der Waals surface area contributed by atoms with E-state index in [1.807, 2.05) is 36.4 Å². The quantitative estimate of drug-likeness (QED) is 0.0106. The van der Waals surface area contributed by atoms with E-state index in [0.29, 0.717) is 148 Å². The Morgan fingerprint density at radius 1 is 0.336 bits per heavy atom. The van der Waals surface area contributed by atoms with E-state index >= 15 is 0 Å². The van der Waals surface area contributed by atoms with Crippen molar-refractivity contribution >= 4 is 145 Å². The number of nitrogens with one attached hydrogen (secondary N) is 10. The molecule has 0 radical (unpaired) electrons. The van der Waals surface area contributed by atoms with E-state index in [2.05, 4.69) is 103 Å². The molecule has 0 unspecified atom stereocenters. The van der Waals surface area contributed by atoms with Crippen LogP contribution in [-0.2, 0) is 6.42 Å². The number of ether oxygens (including phenoxy) is 10. The van der Waals surface area contributed by atoms with Crippen LogP contribution in [0.25, 0.3) is 115 Å². The molecular weight excluding hydrogens is 1800 g/mol. The van der Waals surface area contributed by atoms with Crippen molar-refractivity contribution in [3.8, 4) is 69.6 Å². The molecule has 0 fully saturated rings. The van der Waals surface area contributed by atoms with E-state index in [0.717, 1.165) is 52.1 Å². The Kier molecular flexibility index (Phi) is 34.8. The lowest BCUT2D eigenvalue weighted by Crippen LogP contribution is -2.24. The molecule has 15 aromatic rings. The van der Waals surface area contributed by atoms with Crippen LogP contribution in [0.3, 0.4) is 0 Å². The summed E-state index contributed by atoms with van der Waals surface area (Å²) in [4.78, 5) is 61.8. The Labute approximate surface area is 799 Å². The van der Waals surface area contributed by atoms with Crippen molar-refractivity contribution in [2.75, 3.05) is 103 Å². The molecule has 10 N–H and O–H groups in total. The number of aromatic nitrogens is 10. The number of carbonyl (C=O) groups excluding carboxylic acids is 5. The van der Waals surface area contributed by atoms with Crippen LogP contribution in [0.2, 0.25) is 0 Å². The summed E-state index contributed by atoms with van der Waals surface area (Å²) in [6, 6.07) is 45.1. The van der Waals surface area contributed by atoms with Crippen molar-refractivity contribution in [1.29, 1.82) is 10.5 Å². The van der Waals surface area contributed by atoms with Crippen LogP contribution in [0.15, 0.2) is 190 Å². The minimum Gasteiger partial charge on any atom is -0.495 e. The molecule has 5 aromatic heterocycles. The predicted molar refractivity (Wildman–Crippen MR) is 529 cm³/mol. The molecular formula is C104H95F4N17O15. The summed E-state index contributed by atoms with van der Waals surface area (Å²) in [5, 5.41) is 69.9. The molecule has 5 amide bonds. The summed E-state index contributed by atoms with van der Waals surface area (Å²) in [5.41, 5.74) is 13.4. The van der Waals surface area contributed by atoms with Gasteiger partial charge in [0, 0.05) is 26.1 Å². The Morgan fingerprint density at radius 2 is 0.600 bits per heavy atom. The van der Waals surface area contributed by atoms with Crippen LogP contribution in [0.4, 0.5) is 17.6 Å². The van der Waals surface area contributed by atoms with Crippen molar-refractivity contribution < 1.29 is 88.9 Å². The van der Waals surface area contributed by atoms with Crippen LogP contribution < -0.4 is 74.0 Å². The van der Waals surface area contributed by atoms with Gasteiger partial charge in [0.25, 0.3) is 29.5 Å². The van der Waals surface area contributed by atoms with Gasteiger partial charge in [-0.3, -0.25) is 49.5 Å². The lowest BCUT2D eigenvalue weighted by atomic mass is 10.1. The third kappa shape index (κ3) is 23.8. The van der Waals surface area contributed by atoms with Crippen LogP contribution in [-0.4, -0.2) is 184 Å². The van der Waals surface area contributed by atoms with E-state index in [4.69, 9.17) is 57.9 Å². The highest BCUT2D eigenvalue weighted by Crippen LogP contribution is 2.40. The summed E-state index contributed by atoms with van der Waals surface area (Å²) in [5.74, 6) is 0.247. The second kappa shape index (κ2) is 48.4. The number of hydrogen-bond acceptors (Lipinski definition) is 22. The zero-order valence-electron chi connectivity index (χ0n) is 77.3. The third-order valence-electron chi connectivity index (χ3n) is 21.3. The summed E-state index contributed by atoms with van der Waals surface area (Å²) >= 11 is 0. The molecule has 32 nitrogen and oxygen atoms in total. The predicted octanol–water partition coefficient (Wildman–Crippen LogP) is 17.5. The van der Waals surface area contributed by atoms with Crippen LogP contribution in [0.5, 0.6) is 57.5 Å². The first-order valence-electron chi connectivity index (χ1n) is 42.8. The maximum absolute atomic E-state index is 13.9. The highest BCUT2D eigenvalue weighted by atomic mass is 19.1. The van der Waals surface area contributed by atoms with Crippen LogP contribution in [0, 0.1) is 45.9 Å². The fraction of sp³-hybridized carbons (Fsp3) is 0.154. The van der Waals surface area contributed by atoms with Crippen molar-refractivity contribution in [2.45, 2.75) is 6.42 Å². The molecule has 0 saturated carbocycles. The van der Waals surface area contributed by atoms with Gasteiger partial charge < -0.3 is 74.0 Å². The summed E-state index contributed by atoms with van der Waals surface area (Å²) in [7, 11) is 13.1. The Balaban J connectivity index is 0.000000157. The monoisotopic (exact) mass is 1900 g/mol. The highest BCUT2D eigenvalue weighted by Gasteiger charge is 2.26. The van der Waals surface area contributed by atoms with Gasteiger partial charge in [0.2, 0.25) is 0 Å². The number of halogens is 4. The van der Waals surface area contributed by atoms with Crippen molar-refractivity contribution in [3.05, 3.63) is 303 Å². The molecule has 0 aliphatic carbocycles. The minimum absolute atomic E-state index is 0.107. The molecule has 0 bridgehead atoms. The average Bonchev–Trinajstić information content (AvgIpc) is 1.61. The molecule has 6 heterocycles. The summed E-state index contributed by atoms with van der Waals surface area (Å²) < 4.78 is 108. The fourth-order valence-electron chi connectivity index (χ4n) is 14.6. The van der Waals surface area contributed by atoms with Gasteiger partial charge >= 0.3 is 0 Å². The van der Waals surface area contributed by atoms with Gasteiger partial charge in [-0.25, -0.2) is 17.6 Å². The molecule has 16 rings (SSSR count). The normalized spacial score (nSPS) is 11.2. The van der Waals surface area contributed by atoms with E-state index in [9.17, 15) is 41.5 Å². The van der Waals surface area contributed by atoms with E-state index in [-0.39, 0.29) is 59.4 Å². The standard InChI is InChI=1S/C22H21N3O3.2C21H20FN3O3.2C20H17FN4O3/c1-3-11-23-22(26)16-6-8-18-20(21(16)27-2)17(24-25-18)7-4-14-5-9-19-15(13-14)10-12-28-19;1-4-11-23-21(26)14-7-9-17-19(20(14)28-3)16(24-25-17)8-5-13-6-10-18(27-2)15(22)12-13;1-4-11-23-21(26)14-7-10-17-19(20(14)28-3)16(24-25-17)9-6-13-5-8-15(22)18(12-13)27-2;1-27-17-8-4-12(11-14(17)21)3-6-15-18-16(25-24-15)7-5-13(19(18)28-2)20(26)23-10-9-22;1-27-17-11-12(3-6-14(17)21)4-7-15-18-16(25-24-15)8-5-13(19(18)28-2)20(26)23-10-9-22/h3-9,13H,1,10-12H2,2H3,(H,23,26)(H,24,25);2*4-10,12H,1,11H2,2-3H3,(H,23,26)(H,24,25);2*3-8,11H,10H2,1-2H3,(H,23,26)(H,24,25)/b7-4+;8-5+;9-6+;6-3+;7-4+. The Bertz CT molecular complexity index is 7270. The Hall–Kier alpha value is -18.5. The zero-order valence-corrected chi connectivity index (χ0v) is 77.3. The third-order valence-corrected chi connectivity index (χ3v) is 21.3. The number of nitriles is 2. The van der Waals surface area contributed by atoms with Gasteiger partial charge in [0.1, 0.15) is 47.6 Å². The number of H-pyrrole nitrogens is 5.